The van der Waals surface area contributed by atoms with Crippen molar-refractivity contribution in [1.82, 2.24) is 10.3 Å². The lowest BCUT2D eigenvalue weighted by Gasteiger charge is -2.33. The zero-order valence-electron chi connectivity index (χ0n) is 16.3. The van der Waals surface area contributed by atoms with Crippen LogP contribution in [0.4, 0.5) is 0 Å². The summed E-state index contributed by atoms with van der Waals surface area (Å²) in [5.74, 6) is 0.574. The van der Waals surface area contributed by atoms with Gasteiger partial charge in [-0.1, -0.05) is 20.8 Å². The number of hydrogen-bond donors (Lipinski definition) is 2. The fourth-order valence-corrected chi connectivity index (χ4v) is 4.86. The molecule has 0 aromatic carbocycles. The van der Waals surface area contributed by atoms with Crippen LogP contribution < -0.4 is 10.9 Å². The Morgan fingerprint density at radius 3 is 2.69 bits per heavy atom. The molecular formula is C21H28N2O2S. The van der Waals surface area contributed by atoms with Gasteiger partial charge in [-0.05, 0) is 67.7 Å². The quantitative estimate of drug-likeness (QED) is 0.851. The van der Waals surface area contributed by atoms with Crippen LogP contribution in [0.2, 0.25) is 0 Å². The van der Waals surface area contributed by atoms with E-state index in [9.17, 15) is 9.59 Å². The number of pyridine rings is 1. The summed E-state index contributed by atoms with van der Waals surface area (Å²) in [6, 6.07) is 3.98. The smallest absolute Gasteiger partial charge is 0.261 e. The van der Waals surface area contributed by atoms with Crippen LogP contribution in [0.3, 0.4) is 0 Å². The predicted octanol–water partition coefficient (Wildman–Crippen LogP) is 4.13. The summed E-state index contributed by atoms with van der Waals surface area (Å²) in [4.78, 5) is 29.6. The Hall–Kier alpha value is -1.88. The van der Waals surface area contributed by atoms with E-state index >= 15 is 0 Å². The van der Waals surface area contributed by atoms with Crippen LogP contribution in [0.25, 0.3) is 0 Å². The molecule has 0 saturated heterocycles. The highest BCUT2D eigenvalue weighted by molar-refractivity contribution is 7.14. The maximum absolute atomic E-state index is 12.6. The molecule has 5 heteroatoms. The number of hydrogen-bond acceptors (Lipinski definition) is 3. The summed E-state index contributed by atoms with van der Waals surface area (Å²) in [5.41, 5.74) is 3.87. The van der Waals surface area contributed by atoms with Crippen molar-refractivity contribution in [3.8, 4) is 0 Å². The molecule has 2 aromatic heterocycles. The molecule has 1 aliphatic carbocycles. The van der Waals surface area contributed by atoms with Crippen LogP contribution >= 0.6 is 11.3 Å². The maximum atomic E-state index is 12.6. The lowest BCUT2D eigenvalue weighted by molar-refractivity contribution is 0.0954. The van der Waals surface area contributed by atoms with Crippen molar-refractivity contribution < 1.29 is 4.79 Å². The second-order valence-corrected chi connectivity index (χ2v) is 9.63. The summed E-state index contributed by atoms with van der Waals surface area (Å²) in [7, 11) is 0. The lowest BCUT2D eigenvalue weighted by Crippen LogP contribution is -2.27. The van der Waals surface area contributed by atoms with Crippen molar-refractivity contribution in [2.45, 2.75) is 60.4 Å². The monoisotopic (exact) mass is 372 g/mol. The molecule has 0 fully saturated rings. The van der Waals surface area contributed by atoms with Crippen molar-refractivity contribution in [1.29, 1.82) is 0 Å². The van der Waals surface area contributed by atoms with Crippen LogP contribution in [-0.4, -0.2) is 10.9 Å². The van der Waals surface area contributed by atoms with E-state index in [1.807, 2.05) is 19.9 Å². The number of carbonyl (C=O) groups excluding carboxylic acids is 1. The minimum atomic E-state index is -0.124. The van der Waals surface area contributed by atoms with Crippen molar-refractivity contribution in [2.75, 3.05) is 0 Å². The van der Waals surface area contributed by atoms with Gasteiger partial charge in [-0.3, -0.25) is 9.59 Å². The highest BCUT2D eigenvalue weighted by atomic mass is 32.1. The van der Waals surface area contributed by atoms with Crippen LogP contribution in [0, 0.1) is 25.2 Å². The maximum Gasteiger partial charge on any atom is 0.261 e. The predicted molar refractivity (Wildman–Crippen MR) is 107 cm³/mol. The molecular weight excluding hydrogens is 344 g/mol. The minimum Gasteiger partial charge on any atom is -0.347 e. The zero-order valence-corrected chi connectivity index (χ0v) is 17.1. The molecule has 0 aliphatic heterocycles. The first-order chi connectivity index (χ1) is 12.1. The third-order valence-electron chi connectivity index (χ3n) is 5.45. The Labute approximate surface area is 159 Å². The number of aryl methyl sites for hydroxylation is 3. The van der Waals surface area contributed by atoms with E-state index in [0.717, 1.165) is 29.0 Å². The molecule has 3 rings (SSSR count). The number of fused-ring (bicyclic) bond motifs is 1. The van der Waals surface area contributed by atoms with E-state index in [1.165, 1.54) is 16.9 Å². The summed E-state index contributed by atoms with van der Waals surface area (Å²) in [6.45, 7) is 10.9. The molecule has 140 valence electrons. The molecule has 1 amide bonds. The first-order valence-electron chi connectivity index (χ1n) is 9.24. The van der Waals surface area contributed by atoms with Crippen molar-refractivity contribution in [3.63, 3.8) is 0 Å². The fourth-order valence-electron chi connectivity index (χ4n) is 3.73. The van der Waals surface area contributed by atoms with Gasteiger partial charge in [0.2, 0.25) is 0 Å². The first kappa shape index (κ1) is 18.9. The average Bonchev–Trinajstić information content (AvgIpc) is 2.96. The van der Waals surface area contributed by atoms with E-state index < -0.39 is 0 Å². The second-order valence-electron chi connectivity index (χ2n) is 8.49. The topological polar surface area (TPSA) is 62.0 Å². The van der Waals surface area contributed by atoms with Gasteiger partial charge in [-0.15, -0.1) is 11.3 Å². The molecule has 0 unspecified atom stereocenters. The van der Waals surface area contributed by atoms with Crippen LogP contribution in [0.1, 0.15) is 64.1 Å². The van der Waals surface area contributed by atoms with Gasteiger partial charge < -0.3 is 10.3 Å². The van der Waals surface area contributed by atoms with E-state index in [2.05, 4.69) is 37.1 Å². The van der Waals surface area contributed by atoms with Crippen molar-refractivity contribution in [3.05, 3.63) is 54.6 Å². The van der Waals surface area contributed by atoms with Gasteiger partial charge >= 0.3 is 0 Å². The minimum absolute atomic E-state index is 0.0870. The highest BCUT2D eigenvalue weighted by Gasteiger charge is 2.30. The number of nitrogens with one attached hydrogen (secondary N) is 2. The lowest BCUT2D eigenvalue weighted by atomic mass is 9.72. The molecule has 0 bridgehead atoms. The largest absolute Gasteiger partial charge is 0.347 e. The molecule has 0 spiro atoms. The Balaban J connectivity index is 1.71. The molecule has 2 aromatic rings. The molecule has 0 radical (unpaired) electrons. The molecule has 0 saturated carbocycles. The Bertz CT molecular complexity index is 886. The van der Waals surface area contributed by atoms with Crippen LogP contribution in [-0.2, 0) is 19.4 Å². The van der Waals surface area contributed by atoms with Crippen molar-refractivity contribution in [2.24, 2.45) is 11.3 Å². The Morgan fingerprint density at radius 2 is 2.04 bits per heavy atom. The number of carbonyl (C=O) groups is 1. The van der Waals surface area contributed by atoms with E-state index in [1.54, 1.807) is 11.3 Å². The van der Waals surface area contributed by atoms with Crippen LogP contribution in [0.5, 0.6) is 0 Å². The van der Waals surface area contributed by atoms with Gasteiger partial charge in [0, 0.05) is 22.7 Å². The summed E-state index contributed by atoms with van der Waals surface area (Å²) >= 11 is 1.60. The Kier molecular flexibility index (Phi) is 5.11. The van der Waals surface area contributed by atoms with Gasteiger partial charge in [0.25, 0.3) is 11.5 Å². The SMILES string of the molecule is Cc1cc(C)c(CNC(=O)c2cc3c(s2)CC[C@H](C(C)(C)C)C3)c(=O)[nH]1. The number of rotatable bonds is 3. The van der Waals surface area contributed by atoms with E-state index in [-0.39, 0.29) is 18.0 Å². The van der Waals surface area contributed by atoms with Gasteiger partial charge in [-0.25, -0.2) is 0 Å². The van der Waals surface area contributed by atoms with E-state index in [0.29, 0.717) is 16.9 Å². The standard InChI is InChI=1S/C21H28N2O2S/c1-12-8-13(2)23-19(24)16(12)11-22-20(25)18-10-14-9-15(21(3,4)5)6-7-17(14)26-18/h8,10,15H,6-7,9,11H2,1-5H3,(H,22,25)(H,23,24)/t15-/m0/s1. The van der Waals surface area contributed by atoms with Gasteiger partial charge in [0.05, 0.1) is 4.88 Å². The third-order valence-corrected chi connectivity index (χ3v) is 6.69. The molecule has 2 N–H and O–H groups in total. The van der Waals surface area contributed by atoms with Gasteiger partial charge in [-0.2, -0.15) is 0 Å². The number of aromatic amines is 1. The van der Waals surface area contributed by atoms with Crippen LogP contribution in [0.15, 0.2) is 16.9 Å². The number of thiophene rings is 1. The first-order valence-corrected chi connectivity index (χ1v) is 10.1. The highest BCUT2D eigenvalue weighted by Crippen LogP contribution is 2.40. The van der Waals surface area contributed by atoms with Gasteiger partial charge in [0.15, 0.2) is 0 Å². The molecule has 26 heavy (non-hydrogen) atoms. The normalized spacial score (nSPS) is 17.0. The second kappa shape index (κ2) is 7.03. The molecule has 2 heterocycles. The third kappa shape index (κ3) is 3.93. The molecule has 4 nitrogen and oxygen atoms in total. The summed E-state index contributed by atoms with van der Waals surface area (Å²) < 4.78 is 0. The average molecular weight is 373 g/mol. The summed E-state index contributed by atoms with van der Waals surface area (Å²) in [5, 5.41) is 2.92. The van der Waals surface area contributed by atoms with Crippen molar-refractivity contribution >= 4 is 17.2 Å². The Morgan fingerprint density at radius 1 is 1.31 bits per heavy atom. The zero-order chi connectivity index (χ0) is 19.1. The molecule has 1 aliphatic rings. The number of aromatic nitrogens is 1. The van der Waals surface area contributed by atoms with Gasteiger partial charge in [0.1, 0.15) is 0 Å². The molecule has 1 atom stereocenters. The summed E-state index contributed by atoms with van der Waals surface area (Å²) in [6.07, 6.45) is 3.31. The number of amides is 1. The number of H-pyrrole nitrogens is 1. The van der Waals surface area contributed by atoms with E-state index in [4.69, 9.17) is 0 Å². The fraction of sp³-hybridized carbons (Fsp3) is 0.524.